The molecule has 0 saturated carbocycles. The van der Waals surface area contributed by atoms with Crippen LogP contribution in [0.15, 0.2) is 155 Å². The summed E-state index contributed by atoms with van der Waals surface area (Å²) in [6.45, 7) is 11.4. The Hall–Kier alpha value is -4.40. The van der Waals surface area contributed by atoms with E-state index in [0.717, 1.165) is 63.1 Å². The fourth-order valence-electron chi connectivity index (χ4n) is 8.50. The van der Waals surface area contributed by atoms with Crippen LogP contribution >= 0.6 is 11.6 Å². The van der Waals surface area contributed by atoms with Crippen LogP contribution in [0.1, 0.15) is 82.1 Å². The van der Waals surface area contributed by atoms with Crippen molar-refractivity contribution in [2.45, 2.75) is 83.5 Å². The first-order chi connectivity index (χ1) is 24.7. The summed E-state index contributed by atoms with van der Waals surface area (Å²) in [4.78, 5) is 2.56. The Morgan fingerprint density at radius 3 is 2.02 bits per heavy atom. The number of allylic oxidation sites excluding steroid dienone is 8. The number of fused-ring (bicyclic) bond motifs is 2. The van der Waals surface area contributed by atoms with Crippen molar-refractivity contribution < 1.29 is 4.58 Å². The molecule has 0 aromatic heterocycles. The van der Waals surface area contributed by atoms with Crippen molar-refractivity contribution in [2.24, 2.45) is 0 Å². The molecule has 51 heavy (non-hydrogen) atoms. The number of anilines is 1. The smallest absolute Gasteiger partial charge is 0.209 e. The number of aryl methyl sites for hydroxylation is 2. The highest BCUT2D eigenvalue weighted by Gasteiger charge is 2.44. The Bertz CT molecular complexity index is 2020. The average molecular weight is 692 g/mol. The minimum Gasteiger partial charge on any atom is -0.344 e. The average Bonchev–Trinajstić information content (AvgIpc) is 3.50. The fourth-order valence-corrected chi connectivity index (χ4v) is 8.82. The molecule has 3 heteroatoms. The first-order valence-electron chi connectivity index (χ1n) is 18.9. The summed E-state index contributed by atoms with van der Waals surface area (Å²) in [7, 11) is 0. The van der Waals surface area contributed by atoms with E-state index in [2.05, 4.69) is 171 Å². The third-order valence-electron chi connectivity index (χ3n) is 11.3. The highest BCUT2D eigenvalue weighted by atomic mass is 35.5. The molecule has 2 nitrogen and oxygen atoms in total. The number of para-hydroxylation sites is 2. The summed E-state index contributed by atoms with van der Waals surface area (Å²) in [5.41, 5.74) is 13.3. The number of rotatable bonds is 11. The molecule has 3 aliphatic rings. The Kier molecular flexibility index (Phi) is 10.3. The van der Waals surface area contributed by atoms with E-state index in [4.69, 9.17) is 11.6 Å². The van der Waals surface area contributed by atoms with E-state index >= 15 is 0 Å². The molecule has 0 atom stereocenters. The third kappa shape index (κ3) is 7.22. The molecular formula is C48H52ClN2+. The minimum atomic E-state index is -0.0857. The first-order valence-corrected chi connectivity index (χ1v) is 19.3. The molecule has 4 aromatic carbocycles. The van der Waals surface area contributed by atoms with Gasteiger partial charge in [0.05, 0.1) is 5.41 Å². The number of halogens is 1. The highest BCUT2D eigenvalue weighted by Crippen LogP contribution is 2.48. The van der Waals surface area contributed by atoms with Gasteiger partial charge < -0.3 is 4.90 Å². The van der Waals surface area contributed by atoms with Gasteiger partial charge in [-0.05, 0) is 92.4 Å². The topological polar surface area (TPSA) is 6.25 Å². The lowest BCUT2D eigenvalue weighted by Gasteiger charge is -2.27. The summed E-state index contributed by atoms with van der Waals surface area (Å²) in [5, 5.41) is 0.919. The summed E-state index contributed by atoms with van der Waals surface area (Å²) < 4.78 is 2.56. The van der Waals surface area contributed by atoms with Gasteiger partial charge >= 0.3 is 0 Å². The summed E-state index contributed by atoms with van der Waals surface area (Å²) in [5.74, 6) is 0. The Morgan fingerprint density at radius 1 is 0.667 bits per heavy atom. The quantitative estimate of drug-likeness (QED) is 0.142. The van der Waals surface area contributed by atoms with Gasteiger partial charge in [-0.3, -0.25) is 0 Å². The van der Waals surface area contributed by atoms with E-state index in [1.165, 1.54) is 56.2 Å². The molecule has 0 bridgehead atoms. The second-order valence-electron chi connectivity index (χ2n) is 15.4. The van der Waals surface area contributed by atoms with Crippen LogP contribution < -0.4 is 4.90 Å². The van der Waals surface area contributed by atoms with Gasteiger partial charge in [0.15, 0.2) is 5.71 Å². The van der Waals surface area contributed by atoms with Gasteiger partial charge in [-0.25, -0.2) is 0 Å². The molecule has 2 aliphatic heterocycles. The molecule has 4 aromatic rings. The summed E-state index contributed by atoms with van der Waals surface area (Å²) >= 11 is 7.31. The zero-order chi connectivity index (χ0) is 35.4. The van der Waals surface area contributed by atoms with Gasteiger partial charge in [-0.2, -0.15) is 4.58 Å². The van der Waals surface area contributed by atoms with E-state index in [-0.39, 0.29) is 10.8 Å². The SMILES string of the molecule is CC1(C)C(=CC=C2CCCC(C=CC3=[N+](CCCc4ccccc4)c4ccccc4C3(C)C)=C2Cl)N(CCCc2ccccc2)c2ccccc21. The number of hydrogen-bond donors (Lipinski definition) is 0. The van der Waals surface area contributed by atoms with Gasteiger partial charge in [0.25, 0.3) is 0 Å². The van der Waals surface area contributed by atoms with Crippen LogP contribution in [0, 0.1) is 0 Å². The lowest BCUT2D eigenvalue weighted by molar-refractivity contribution is -0.438. The number of benzene rings is 4. The maximum absolute atomic E-state index is 7.31. The van der Waals surface area contributed by atoms with Gasteiger partial charge in [0.1, 0.15) is 6.54 Å². The highest BCUT2D eigenvalue weighted by molar-refractivity contribution is 6.32. The standard InChI is InChI=1S/C48H52ClN2/c1-47(2)40-26-11-13-28-42(40)50(34-16-22-36-18-7-5-8-19-36)44(47)32-30-38-24-15-25-39(46(38)49)31-33-45-48(3,4)41-27-12-14-29-43(41)51(45)35-17-23-37-20-9-6-10-21-37/h5-14,18-21,26-33H,15-17,22-25,34-35H2,1-4H3/q+1. The molecule has 0 saturated heterocycles. The Labute approximate surface area is 311 Å². The van der Waals surface area contributed by atoms with Gasteiger partial charge in [-0.15, -0.1) is 0 Å². The number of hydrogen-bond acceptors (Lipinski definition) is 1. The second kappa shape index (κ2) is 15.1. The molecule has 0 fully saturated rings. The Balaban J connectivity index is 1.16. The van der Waals surface area contributed by atoms with Crippen molar-refractivity contribution >= 4 is 28.7 Å². The monoisotopic (exact) mass is 691 g/mol. The zero-order valence-corrected chi connectivity index (χ0v) is 31.6. The van der Waals surface area contributed by atoms with Crippen LogP contribution in [-0.2, 0) is 23.7 Å². The maximum Gasteiger partial charge on any atom is 0.209 e. The van der Waals surface area contributed by atoms with Crippen LogP contribution in [0.5, 0.6) is 0 Å². The fraction of sp³-hybridized carbons (Fsp3) is 0.312. The van der Waals surface area contributed by atoms with Crippen LogP contribution in [0.2, 0.25) is 0 Å². The molecule has 0 spiro atoms. The minimum absolute atomic E-state index is 0.0857. The number of nitrogens with zero attached hydrogens (tertiary/aromatic N) is 2. The van der Waals surface area contributed by atoms with E-state index < -0.39 is 0 Å². The van der Waals surface area contributed by atoms with E-state index in [9.17, 15) is 0 Å². The van der Waals surface area contributed by atoms with E-state index in [1.807, 2.05) is 0 Å². The van der Waals surface area contributed by atoms with Crippen molar-refractivity contribution in [3.63, 3.8) is 0 Å². The second-order valence-corrected chi connectivity index (χ2v) is 15.8. The predicted octanol–water partition coefficient (Wildman–Crippen LogP) is 12.2. The first kappa shape index (κ1) is 35.0. The summed E-state index contributed by atoms with van der Waals surface area (Å²) in [6.07, 6.45) is 16.8. The Morgan fingerprint density at radius 2 is 1.29 bits per heavy atom. The van der Waals surface area contributed by atoms with Gasteiger partial charge in [0.2, 0.25) is 5.69 Å². The molecule has 7 rings (SSSR count). The predicted molar refractivity (Wildman–Crippen MR) is 218 cm³/mol. The van der Waals surface area contributed by atoms with Crippen molar-refractivity contribution in [1.82, 2.24) is 0 Å². The maximum atomic E-state index is 7.31. The molecule has 260 valence electrons. The molecule has 1 aliphatic carbocycles. The third-order valence-corrected chi connectivity index (χ3v) is 11.8. The van der Waals surface area contributed by atoms with Crippen molar-refractivity contribution in [3.05, 3.63) is 178 Å². The van der Waals surface area contributed by atoms with Crippen molar-refractivity contribution in [2.75, 3.05) is 18.0 Å². The molecule has 0 N–H and O–H groups in total. The van der Waals surface area contributed by atoms with Crippen LogP contribution in [0.3, 0.4) is 0 Å². The summed E-state index contributed by atoms with van der Waals surface area (Å²) in [6, 6.07) is 39.6. The molecule has 0 unspecified atom stereocenters. The zero-order valence-electron chi connectivity index (χ0n) is 30.8. The largest absolute Gasteiger partial charge is 0.344 e. The van der Waals surface area contributed by atoms with Crippen LogP contribution in [0.25, 0.3) is 0 Å². The normalized spacial score (nSPS) is 19.4. The molecule has 0 radical (unpaired) electrons. The van der Waals surface area contributed by atoms with Crippen molar-refractivity contribution in [1.29, 1.82) is 0 Å². The van der Waals surface area contributed by atoms with Gasteiger partial charge in [0, 0.05) is 52.5 Å². The van der Waals surface area contributed by atoms with Gasteiger partial charge in [-0.1, -0.05) is 135 Å². The van der Waals surface area contributed by atoms with Crippen molar-refractivity contribution in [3.8, 4) is 0 Å². The molecule has 0 amide bonds. The van der Waals surface area contributed by atoms with Crippen LogP contribution in [-0.4, -0.2) is 23.4 Å². The van der Waals surface area contributed by atoms with Crippen LogP contribution in [0.4, 0.5) is 11.4 Å². The molecule has 2 heterocycles. The van der Waals surface area contributed by atoms with E-state index in [1.54, 1.807) is 0 Å². The molecular weight excluding hydrogens is 640 g/mol. The lowest BCUT2D eigenvalue weighted by atomic mass is 9.81. The lowest BCUT2D eigenvalue weighted by Crippen LogP contribution is -2.28. The van der Waals surface area contributed by atoms with E-state index in [0.29, 0.717) is 0 Å².